The number of carboxylic acid groups (broad SMARTS) is 1. The molecule has 2 N–H and O–H groups in total. The first-order valence-corrected chi connectivity index (χ1v) is 11.4. The van der Waals surface area contributed by atoms with E-state index >= 15 is 0 Å². The van der Waals surface area contributed by atoms with Crippen LogP contribution >= 0.6 is 23.1 Å². The van der Waals surface area contributed by atoms with E-state index in [4.69, 9.17) is 5.11 Å². The molecule has 5 rings (SSSR count). The molecular weight excluding hydrogens is 400 g/mol. The fraction of sp³-hybridized carbons (Fsp3) is 0.684. The predicted octanol–water partition coefficient (Wildman–Crippen LogP) is 1.92. The van der Waals surface area contributed by atoms with E-state index in [1.54, 1.807) is 11.8 Å². The Labute approximate surface area is 169 Å². The number of hydrogen-bond donors (Lipinski definition) is 2. The molecule has 2 bridgehead atoms. The molecule has 9 heteroatoms. The number of amides is 2. The molecule has 3 fully saturated rings. The van der Waals surface area contributed by atoms with Crippen molar-refractivity contribution >= 4 is 40.9 Å². The second-order valence-corrected chi connectivity index (χ2v) is 11.1. The summed E-state index contributed by atoms with van der Waals surface area (Å²) in [4.78, 5) is 54.2. The van der Waals surface area contributed by atoms with Crippen molar-refractivity contribution in [2.45, 2.75) is 48.8 Å². The molecule has 1 aromatic heterocycles. The lowest BCUT2D eigenvalue weighted by Crippen LogP contribution is -2.48. The molecule has 6 atom stereocenters. The van der Waals surface area contributed by atoms with E-state index in [0.29, 0.717) is 6.42 Å². The molecule has 2 saturated carbocycles. The number of fused-ring (bicyclic) bond motifs is 9. The summed E-state index contributed by atoms with van der Waals surface area (Å²) in [6.45, 7) is 4.52. The SMILES string of the molecule is CC1(C)c2sc(=O)[nH]c2SC2C3CC(C4C(=O)N(CCCC(=O)O)C(=O)C34)[C@H]21. The quantitative estimate of drug-likeness (QED) is 0.718. The van der Waals surface area contributed by atoms with E-state index in [1.807, 2.05) is 0 Å². The lowest BCUT2D eigenvalue weighted by atomic mass is 9.64. The zero-order chi connectivity index (χ0) is 20.0. The van der Waals surface area contributed by atoms with Crippen molar-refractivity contribution in [2.24, 2.45) is 29.6 Å². The summed E-state index contributed by atoms with van der Waals surface area (Å²) >= 11 is 2.95. The number of hydrogen-bond acceptors (Lipinski definition) is 6. The van der Waals surface area contributed by atoms with Crippen LogP contribution in [0.1, 0.15) is 38.0 Å². The summed E-state index contributed by atoms with van der Waals surface area (Å²) in [6.07, 6.45) is 1.15. The molecule has 2 aliphatic heterocycles. The number of carbonyl (C=O) groups is 3. The largest absolute Gasteiger partial charge is 0.481 e. The Morgan fingerprint density at radius 2 is 1.89 bits per heavy atom. The smallest absolute Gasteiger partial charge is 0.305 e. The average Bonchev–Trinajstić information content (AvgIpc) is 3.32. The summed E-state index contributed by atoms with van der Waals surface area (Å²) in [5, 5.41) is 10.0. The number of H-pyrrole nitrogens is 1. The molecule has 0 radical (unpaired) electrons. The van der Waals surface area contributed by atoms with Gasteiger partial charge in [-0.05, 0) is 30.6 Å². The molecule has 2 aliphatic carbocycles. The molecule has 2 amide bonds. The number of carbonyl (C=O) groups excluding carboxylic acids is 2. The number of imide groups is 1. The molecule has 0 aromatic carbocycles. The highest BCUT2D eigenvalue weighted by Crippen LogP contribution is 2.68. The summed E-state index contributed by atoms with van der Waals surface area (Å²) in [6, 6.07) is 0. The molecule has 150 valence electrons. The van der Waals surface area contributed by atoms with E-state index in [1.165, 1.54) is 16.2 Å². The maximum atomic E-state index is 13.1. The van der Waals surface area contributed by atoms with Crippen LogP contribution < -0.4 is 4.87 Å². The molecule has 3 heterocycles. The summed E-state index contributed by atoms with van der Waals surface area (Å²) in [5.74, 6) is -1.15. The standard InChI is InChI=1S/C19H22N2O5S2/c1-19(2)12-7-6-8(13(12)27-15-14(19)28-18(26)20-15)11-10(7)16(24)21(17(11)25)5-3-4-9(22)23/h7-8,10-13H,3-6H2,1-2H3,(H,20,26)(H,22,23)/t7?,8?,10?,11?,12-,13?/m1/s1. The van der Waals surface area contributed by atoms with Crippen LogP contribution in [0, 0.1) is 29.6 Å². The van der Waals surface area contributed by atoms with Crippen molar-refractivity contribution in [1.29, 1.82) is 0 Å². The van der Waals surface area contributed by atoms with Crippen LogP contribution in [0.5, 0.6) is 0 Å². The van der Waals surface area contributed by atoms with E-state index in [0.717, 1.165) is 16.3 Å². The Hall–Kier alpha value is -1.61. The van der Waals surface area contributed by atoms with Crippen molar-refractivity contribution in [1.82, 2.24) is 9.88 Å². The molecule has 5 unspecified atom stereocenters. The van der Waals surface area contributed by atoms with Gasteiger partial charge in [0, 0.05) is 28.5 Å². The van der Waals surface area contributed by atoms with Gasteiger partial charge in [-0.3, -0.25) is 24.1 Å². The number of thiazole rings is 1. The molecule has 4 aliphatic rings. The minimum atomic E-state index is -0.913. The predicted molar refractivity (Wildman–Crippen MR) is 103 cm³/mol. The van der Waals surface area contributed by atoms with Gasteiger partial charge in [0.2, 0.25) is 11.8 Å². The van der Waals surface area contributed by atoms with Gasteiger partial charge in [-0.25, -0.2) is 0 Å². The second-order valence-electron chi connectivity index (χ2n) is 8.94. The van der Waals surface area contributed by atoms with Crippen LogP contribution in [-0.4, -0.2) is 44.6 Å². The maximum Gasteiger partial charge on any atom is 0.305 e. The molecule has 28 heavy (non-hydrogen) atoms. The zero-order valence-corrected chi connectivity index (χ0v) is 17.3. The number of aromatic amines is 1. The topological polar surface area (TPSA) is 108 Å². The number of rotatable bonds is 4. The van der Waals surface area contributed by atoms with Crippen LogP contribution in [0.2, 0.25) is 0 Å². The average molecular weight is 423 g/mol. The maximum absolute atomic E-state index is 13.1. The molecule has 1 aromatic rings. The van der Waals surface area contributed by atoms with Crippen LogP contribution in [0.15, 0.2) is 9.82 Å². The fourth-order valence-corrected chi connectivity index (χ4v) is 9.48. The van der Waals surface area contributed by atoms with Crippen molar-refractivity contribution in [2.75, 3.05) is 6.54 Å². The minimum absolute atomic E-state index is 0.0407. The van der Waals surface area contributed by atoms with Gasteiger partial charge in [0.1, 0.15) is 0 Å². The lowest BCUT2D eigenvalue weighted by Gasteiger charge is -2.47. The Balaban J connectivity index is 1.46. The number of nitrogens with one attached hydrogen (secondary N) is 1. The summed E-state index contributed by atoms with van der Waals surface area (Å²) < 4.78 is 0. The molecule has 0 spiro atoms. The Morgan fingerprint density at radius 1 is 1.21 bits per heavy atom. The van der Waals surface area contributed by atoms with E-state index in [-0.39, 0.29) is 69.9 Å². The first kappa shape index (κ1) is 18.4. The monoisotopic (exact) mass is 422 g/mol. The van der Waals surface area contributed by atoms with Crippen LogP contribution in [-0.2, 0) is 19.8 Å². The number of nitrogens with zero attached hydrogens (tertiary/aromatic N) is 1. The van der Waals surface area contributed by atoms with Gasteiger partial charge in [0.05, 0.1) is 16.9 Å². The van der Waals surface area contributed by atoms with Gasteiger partial charge in [0.15, 0.2) is 0 Å². The van der Waals surface area contributed by atoms with Gasteiger partial charge in [-0.15, -0.1) is 11.8 Å². The third-order valence-corrected chi connectivity index (χ3v) is 10.1. The Morgan fingerprint density at radius 3 is 2.57 bits per heavy atom. The van der Waals surface area contributed by atoms with E-state index in [2.05, 4.69) is 18.8 Å². The summed E-state index contributed by atoms with van der Waals surface area (Å²) in [5.41, 5.74) is -0.209. The number of thioether (sulfide) groups is 1. The number of carboxylic acids is 1. The Kier molecular flexibility index (Phi) is 3.91. The van der Waals surface area contributed by atoms with E-state index in [9.17, 15) is 19.2 Å². The molecule has 7 nitrogen and oxygen atoms in total. The highest BCUT2D eigenvalue weighted by molar-refractivity contribution is 8.00. The van der Waals surface area contributed by atoms with Gasteiger partial charge in [0.25, 0.3) is 0 Å². The first-order valence-electron chi connectivity index (χ1n) is 9.69. The fourth-order valence-electron chi connectivity index (χ4n) is 6.32. The lowest BCUT2D eigenvalue weighted by molar-refractivity contribution is -0.142. The number of likely N-dealkylation sites (tertiary alicyclic amines) is 1. The van der Waals surface area contributed by atoms with Crippen molar-refractivity contribution in [3.63, 3.8) is 0 Å². The highest BCUT2D eigenvalue weighted by Gasteiger charge is 2.70. The molecule has 1 saturated heterocycles. The van der Waals surface area contributed by atoms with Crippen molar-refractivity contribution in [3.05, 3.63) is 14.5 Å². The number of aliphatic carboxylic acids is 1. The molecular formula is C19H22N2O5S2. The minimum Gasteiger partial charge on any atom is -0.481 e. The first-order chi connectivity index (χ1) is 13.2. The normalized spacial score (nSPS) is 37.1. The Bertz CT molecular complexity index is 950. The van der Waals surface area contributed by atoms with Crippen LogP contribution in [0.3, 0.4) is 0 Å². The highest BCUT2D eigenvalue weighted by atomic mass is 32.2. The third-order valence-electron chi connectivity index (χ3n) is 7.25. The van der Waals surface area contributed by atoms with Gasteiger partial charge >= 0.3 is 10.8 Å². The zero-order valence-electron chi connectivity index (χ0n) is 15.6. The van der Waals surface area contributed by atoms with Crippen LogP contribution in [0.4, 0.5) is 0 Å². The number of aromatic nitrogens is 1. The summed E-state index contributed by atoms with van der Waals surface area (Å²) in [7, 11) is 0. The van der Waals surface area contributed by atoms with Crippen LogP contribution in [0.25, 0.3) is 0 Å². The van der Waals surface area contributed by atoms with Gasteiger partial charge in [-0.2, -0.15) is 0 Å². The van der Waals surface area contributed by atoms with Gasteiger partial charge in [-0.1, -0.05) is 25.2 Å². The third kappa shape index (κ3) is 2.29. The second kappa shape index (κ2) is 5.95. The van der Waals surface area contributed by atoms with Crippen molar-refractivity contribution < 1.29 is 19.5 Å². The van der Waals surface area contributed by atoms with Crippen molar-refractivity contribution in [3.8, 4) is 0 Å². The van der Waals surface area contributed by atoms with E-state index < -0.39 is 5.97 Å². The van der Waals surface area contributed by atoms with Gasteiger partial charge < -0.3 is 10.1 Å².